The lowest BCUT2D eigenvalue weighted by Crippen LogP contribution is -2.25. The molecule has 1 aromatic heterocycles. The number of ether oxygens (including phenoxy) is 1. The number of carbonyl (C=O) groups excluding carboxylic acids is 3. The molecule has 1 heterocycles. The molecule has 0 saturated heterocycles. The van der Waals surface area contributed by atoms with Gasteiger partial charge in [-0.15, -0.1) is 0 Å². The molecule has 132 valence electrons. The van der Waals surface area contributed by atoms with E-state index in [9.17, 15) is 19.5 Å². The smallest absolute Gasteiger partial charge is 0.342 e. The minimum atomic E-state index is -1.11. The second-order valence-electron chi connectivity index (χ2n) is 5.75. The lowest BCUT2D eigenvalue weighted by atomic mass is 10.0. The van der Waals surface area contributed by atoms with Crippen LogP contribution in [0.4, 0.5) is 0 Å². The van der Waals surface area contributed by atoms with Crippen molar-refractivity contribution in [3.05, 3.63) is 51.3 Å². The van der Waals surface area contributed by atoms with Gasteiger partial charge in [-0.1, -0.05) is 11.6 Å². The number of carbonyl (C=O) groups is 3. The van der Waals surface area contributed by atoms with E-state index in [0.717, 1.165) is 0 Å². The van der Waals surface area contributed by atoms with Crippen molar-refractivity contribution in [1.29, 1.82) is 0 Å². The summed E-state index contributed by atoms with van der Waals surface area (Å²) in [6, 6.07) is 3.95. The number of hydrogen-bond acceptors (Lipinski definition) is 5. The second-order valence-corrected chi connectivity index (χ2v) is 6.19. The van der Waals surface area contributed by atoms with E-state index in [-0.39, 0.29) is 27.8 Å². The maximum Gasteiger partial charge on any atom is 0.342 e. The molecule has 2 N–H and O–H groups in total. The molecule has 0 aliphatic heterocycles. The molecule has 2 rings (SSSR count). The predicted molar refractivity (Wildman–Crippen MR) is 92.6 cm³/mol. The number of halogens is 1. The topological polar surface area (TPSA) is 96.5 Å². The number of aryl methyl sites for hydroxylation is 1. The molecule has 0 spiro atoms. The van der Waals surface area contributed by atoms with E-state index in [2.05, 4.69) is 4.98 Å². The number of aromatic hydroxyl groups is 1. The van der Waals surface area contributed by atoms with Gasteiger partial charge in [0.05, 0.1) is 5.69 Å². The Hall–Kier alpha value is -2.60. The third-order valence-electron chi connectivity index (χ3n) is 3.87. The fourth-order valence-corrected chi connectivity index (χ4v) is 2.85. The molecule has 6 nitrogen and oxygen atoms in total. The zero-order chi connectivity index (χ0) is 18.9. The number of benzene rings is 1. The summed E-state index contributed by atoms with van der Waals surface area (Å²) in [5.41, 5.74) is 1.64. The highest BCUT2D eigenvalue weighted by atomic mass is 35.5. The molecule has 1 atom stereocenters. The molecule has 0 radical (unpaired) electrons. The Morgan fingerprint density at radius 3 is 2.44 bits per heavy atom. The second kappa shape index (κ2) is 7.11. The van der Waals surface area contributed by atoms with E-state index >= 15 is 0 Å². The van der Waals surface area contributed by atoms with Crippen LogP contribution >= 0.6 is 11.6 Å². The minimum absolute atomic E-state index is 0.129. The zero-order valence-corrected chi connectivity index (χ0v) is 15.0. The monoisotopic (exact) mass is 363 g/mol. The van der Waals surface area contributed by atoms with Crippen molar-refractivity contribution < 1.29 is 24.2 Å². The molecule has 0 unspecified atom stereocenters. The molecular formula is C18H18ClNO5. The van der Waals surface area contributed by atoms with Crippen molar-refractivity contribution in [1.82, 2.24) is 4.98 Å². The summed E-state index contributed by atoms with van der Waals surface area (Å²) >= 11 is 5.80. The maximum atomic E-state index is 12.6. The van der Waals surface area contributed by atoms with Gasteiger partial charge >= 0.3 is 5.97 Å². The molecule has 0 fully saturated rings. The Morgan fingerprint density at radius 2 is 1.88 bits per heavy atom. The van der Waals surface area contributed by atoms with Gasteiger partial charge in [0.2, 0.25) is 5.78 Å². The van der Waals surface area contributed by atoms with Crippen molar-refractivity contribution in [2.45, 2.75) is 33.8 Å². The van der Waals surface area contributed by atoms with Crippen LogP contribution in [0, 0.1) is 13.8 Å². The molecule has 0 aliphatic carbocycles. The quantitative estimate of drug-likeness (QED) is 0.624. The number of nitrogens with one attached hydrogen (secondary N) is 1. The summed E-state index contributed by atoms with van der Waals surface area (Å²) in [5, 5.41) is 9.99. The number of aromatic amines is 1. The first kappa shape index (κ1) is 18.7. The van der Waals surface area contributed by atoms with Gasteiger partial charge < -0.3 is 14.8 Å². The molecule has 0 aliphatic rings. The highest BCUT2D eigenvalue weighted by molar-refractivity contribution is 6.31. The first-order valence-electron chi connectivity index (χ1n) is 7.57. The highest BCUT2D eigenvalue weighted by Gasteiger charge is 2.27. The highest BCUT2D eigenvalue weighted by Crippen LogP contribution is 2.24. The van der Waals surface area contributed by atoms with Gasteiger partial charge in [-0.05, 0) is 51.5 Å². The number of ketones is 2. The SMILES string of the molecule is CC(=O)c1c(C)[nH]c(C(=O)[C@H](C)OC(=O)c2cc(Cl)ccc2O)c1C. The number of esters is 1. The van der Waals surface area contributed by atoms with Gasteiger partial charge in [-0.3, -0.25) is 9.59 Å². The normalized spacial score (nSPS) is 11.9. The summed E-state index contributed by atoms with van der Waals surface area (Å²) in [6.07, 6.45) is -1.11. The van der Waals surface area contributed by atoms with E-state index < -0.39 is 17.9 Å². The zero-order valence-electron chi connectivity index (χ0n) is 14.3. The third kappa shape index (κ3) is 3.74. The molecule has 0 amide bonds. The van der Waals surface area contributed by atoms with Gasteiger partial charge in [0.25, 0.3) is 0 Å². The van der Waals surface area contributed by atoms with Crippen LogP contribution in [0.25, 0.3) is 0 Å². The predicted octanol–water partition coefficient (Wildman–Crippen LogP) is 3.62. The van der Waals surface area contributed by atoms with Gasteiger partial charge in [-0.25, -0.2) is 4.79 Å². The first-order valence-corrected chi connectivity index (χ1v) is 7.95. The van der Waals surface area contributed by atoms with Gasteiger partial charge in [-0.2, -0.15) is 0 Å². The van der Waals surface area contributed by atoms with Crippen LogP contribution in [-0.2, 0) is 4.74 Å². The molecule has 25 heavy (non-hydrogen) atoms. The number of Topliss-reactive ketones (excluding diaryl/α,β-unsaturated/α-hetero) is 2. The van der Waals surface area contributed by atoms with Gasteiger partial charge in [0.15, 0.2) is 11.9 Å². The Labute approximate surface area is 149 Å². The first-order chi connectivity index (χ1) is 11.6. The fraction of sp³-hybridized carbons (Fsp3) is 0.278. The number of H-pyrrole nitrogens is 1. The van der Waals surface area contributed by atoms with Crippen LogP contribution in [0.3, 0.4) is 0 Å². The molecule has 0 bridgehead atoms. The van der Waals surface area contributed by atoms with Crippen LogP contribution in [0.1, 0.15) is 56.3 Å². The van der Waals surface area contributed by atoms with E-state index in [0.29, 0.717) is 16.8 Å². The average Bonchev–Trinajstić information content (AvgIpc) is 2.83. The van der Waals surface area contributed by atoms with Crippen LogP contribution in [0.15, 0.2) is 18.2 Å². The molecule has 7 heteroatoms. The van der Waals surface area contributed by atoms with Crippen molar-refractivity contribution in [2.24, 2.45) is 0 Å². The van der Waals surface area contributed by atoms with Crippen molar-refractivity contribution in [3.8, 4) is 5.75 Å². The van der Waals surface area contributed by atoms with Crippen molar-refractivity contribution in [3.63, 3.8) is 0 Å². The van der Waals surface area contributed by atoms with Crippen LogP contribution in [0.2, 0.25) is 5.02 Å². The largest absolute Gasteiger partial charge is 0.507 e. The summed E-state index contributed by atoms with van der Waals surface area (Å²) in [6.45, 7) is 6.19. The number of aromatic nitrogens is 1. The maximum absolute atomic E-state index is 12.6. The summed E-state index contributed by atoms with van der Waals surface area (Å²) < 4.78 is 5.14. The summed E-state index contributed by atoms with van der Waals surface area (Å²) in [7, 11) is 0. The Balaban J connectivity index is 2.24. The lowest BCUT2D eigenvalue weighted by Gasteiger charge is -2.13. The van der Waals surface area contributed by atoms with Gasteiger partial charge in [0.1, 0.15) is 11.3 Å². The number of hydrogen-bond donors (Lipinski definition) is 2. The van der Waals surface area contributed by atoms with Crippen molar-refractivity contribution >= 4 is 29.1 Å². The molecular weight excluding hydrogens is 346 g/mol. The van der Waals surface area contributed by atoms with Crippen LogP contribution < -0.4 is 0 Å². The standard InChI is InChI=1S/C18H18ClNO5/c1-8-15(10(3)21)9(2)20-16(8)17(23)11(4)25-18(24)13-7-12(19)5-6-14(13)22/h5-7,11,20,22H,1-4H3/t11-/m0/s1. The third-order valence-corrected chi connectivity index (χ3v) is 4.10. The summed E-state index contributed by atoms with van der Waals surface area (Å²) in [4.78, 5) is 39.3. The molecule has 0 saturated carbocycles. The van der Waals surface area contributed by atoms with E-state index in [4.69, 9.17) is 16.3 Å². The van der Waals surface area contributed by atoms with Crippen LogP contribution in [0.5, 0.6) is 5.75 Å². The van der Waals surface area contributed by atoms with E-state index in [1.807, 2.05) is 0 Å². The van der Waals surface area contributed by atoms with E-state index in [1.165, 1.54) is 32.0 Å². The minimum Gasteiger partial charge on any atom is -0.507 e. The Bertz CT molecular complexity index is 869. The lowest BCUT2D eigenvalue weighted by molar-refractivity contribution is 0.0314. The Morgan fingerprint density at radius 1 is 1.24 bits per heavy atom. The molecule has 2 aromatic rings. The van der Waals surface area contributed by atoms with Gasteiger partial charge in [0, 0.05) is 16.3 Å². The Kier molecular flexibility index (Phi) is 5.33. The summed E-state index contributed by atoms with van der Waals surface area (Å²) in [5.74, 6) is -1.78. The number of phenolic OH excluding ortho intramolecular Hbond substituents is 1. The molecule has 1 aromatic carbocycles. The van der Waals surface area contributed by atoms with E-state index in [1.54, 1.807) is 13.8 Å². The van der Waals surface area contributed by atoms with Crippen molar-refractivity contribution in [2.75, 3.05) is 0 Å². The number of rotatable bonds is 5. The fourth-order valence-electron chi connectivity index (χ4n) is 2.68. The average molecular weight is 364 g/mol. The number of phenols is 1. The van der Waals surface area contributed by atoms with Crippen LogP contribution in [-0.4, -0.2) is 33.7 Å².